The topological polar surface area (TPSA) is 37.0 Å². The molecule has 0 saturated carbocycles. The first-order valence-electron chi connectivity index (χ1n) is 7.49. The van der Waals surface area contributed by atoms with Crippen molar-refractivity contribution in [3.63, 3.8) is 0 Å². The summed E-state index contributed by atoms with van der Waals surface area (Å²) in [6, 6.07) is 8.83. The molecular weight excluding hydrogens is 328 g/mol. The van der Waals surface area contributed by atoms with Crippen LogP contribution in [0.25, 0.3) is 11.3 Å². The summed E-state index contributed by atoms with van der Waals surface area (Å²) in [4.78, 5) is 3.67. The van der Waals surface area contributed by atoms with Crippen LogP contribution in [-0.2, 0) is 18.0 Å². The van der Waals surface area contributed by atoms with Crippen LogP contribution in [0.5, 0.6) is 0 Å². The van der Waals surface area contributed by atoms with E-state index < -0.39 is 0 Å². The molecule has 0 aliphatic carbocycles. The first kappa shape index (κ1) is 14.8. The Hall–Kier alpha value is -1.10. The summed E-state index contributed by atoms with van der Waals surface area (Å²) >= 11 is 3.50. The molecule has 3 rings (SSSR count). The van der Waals surface area contributed by atoms with E-state index in [9.17, 15) is 0 Å². The normalized spacial score (nSPS) is 15.2. The molecule has 1 aliphatic heterocycles. The van der Waals surface area contributed by atoms with Crippen molar-refractivity contribution in [3.8, 4) is 11.3 Å². The molecule has 1 unspecified atom stereocenters. The molecule has 2 heterocycles. The number of benzene rings is 1. The van der Waals surface area contributed by atoms with Gasteiger partial charge in [0.1, 0.15) is 0 Å². The number of ether oxygens (including phenoxy) is 1. The zero-order valence-corrected chi connectivity index (χ0v) is 14.1. The summed E-state index contributed by atoms with van der Waals surface area (Å²) in [7, 11) is 2.03. The van der Waals surface area contributed by atoms with Crippen molar-refractivity contribution < 1.29 is 4.74 Å². The Bertz CT molecular complexity index is 618. The SMILES string of the molecule is CCCC(NC)c1[nH]c(-c2ccc(Br)cc2)c2c1COC2. The first-order valence-corrected chi connectivity index (χ1v) is 8.28. The van der Waals surface area contributed by atoms with Crippen LogP contribution in [0.4, 0.5) is 0 Å². The van der Waals surface area contributed by atoms with Crippen LogP contribution in [0.1, 0.15) is 42.6 Å². The Morgan fingerprint density at radius 2 is 1.95 bits per heavy atom. The Labute approximate surface area is 134 Å². The van der Waals surface area contributed by atoms with Crippen molar-refractivity contribution in [2.24, 2.45) is 0 Å². The minimum absolute atomic E-state index is 0.370. The number of nitrogens with one attached hydrogen (secondary N) is 2. The van der Waals surface area contributed by atoms with E-state index in [0.717, 1.165) is 23.9 Å². The van der Waals surface area contributed by atoms with Gasteiger partial charge in [-0.05, 0) is 31.2 Å². The number of fused-ring (bicyclic) bond motifs is 1. The standard InChI is InChI=1S/C17H21BrN2O/c1-3-4-15(19-2)17-14-10-21-9-13(14)16(20-17)11-5-7-12(18)8-6-11/h5-8,15,19-20H,3-4,9-10H2,1-2H3. The number of rotatable bonds is 5. The number of aromatic amines is 1. The number of hydrogen-bond donors (Lipinski definition) is 2. The highest BCUT2D eigenvalue weighted by Crippen LogP contribution is 2.37. The third kappa shape index (κ3) is 2.80. The monoisotopic (exact) mass is 348 g/mol. The Balaban J connectivity index is 2.04. The number of H-pyrrole nitrogens is 1. The molecule has 2 aromatic rings. The summed E-state index contributed by atoms with van der Waals surface area (Å²) in [5.41, 5.74) is 6.40. The van der Waals surface area contributed by atoms with Crippen molar-refractivity contribution in [2.75, 3.05) is 7.05 Å². The van der Waals surface area contributed by atoms with Crippen LogP contribution in [0, 0.1) is 0 Å². The van der Waals surface area contributed by atoms with Gasteiger partial charge in [0, 0.05) is 27.3 Å². The minimum Gasteiger partial charge on any atom is -0.372 e. The lowest BCUT2D eigenvalue weighted by molar-refractivity contribution is 0.133. The quantitative estimate of drug-likeness (QED) is 0.832. The number of halogens is 1. The fraction of sp³-hybridized carbons (Fsp3) is 0.412. The molecule has 4 heteroatoms. The van der Waals surface area contributed by atoms with Gasteiger partial charge in [-0.25, -0.2) is 0 Å². The van der Waals surface area contributed by atoms with E-state index in [0.29, 0.717) is 12.6 Å². The molecule has 1 aliphatic rings. The van der Waals surface area contributed by atoms with E-state index in [4.69, 9.17) is 4.74 Å². The molecule has 0 bridgehead atoms. The summed E-state index contributed by atoms with van der Waals surface area (Å²) in [6.45, 7) is 3.65. The largest absolute Gasteiger partial charge is 0.372 e. The van der Waals surface area contributed by atoms with Gasteiger partial charge >= 0.3 is 0 Å². The van der Waals surface area contributed by atoms with Crippen LogP contribution < -0.4 is 5.32 Å². The molecular formula is C17H21BrN2O. The number of aromatic nitrogens is 1. The maximum atomic E-state index is 5.70. The van der Waals surface area contributed by atoms with Crippen LogP contribution in [0.15, 0.2) is 28.7 Å². The van der Waals surface area contributed by atoms with E-state index in [1.165, 1.54) is 28.1 Å². The average molecular weight is 349 g/mol. The number of hydrogen-bond acceptors (Lipinski definition) is 2. The van der Waals surface area contributed by atoms with Crippen LogP contribution >= 0.6 is 15.9 Å². The lowest BCUT2D eigenvalue weighted by Crippen LogP contribution is -2.17. The van der Waals surface area contributed by atoms with E-state index in [-0.39, 0.29) is 0 Å². The summed E-state index contributed by atoms with van der Waals surface area (Å²) in [6.07, 6.45) is 2.29. The maximum absolute atomic E-state index is 5.70. The van der Waals surface area contributed by atoms with Gasteiger partial charge in [0.2, 0.25) is 0 Å². The molecule has 1 aromatic heterocycles. The van der Waals surface area contributed by atoms with Gasteiger partial charge in [0.25, 0.3) is 0 Å². The molecule has 21 heavy (non-hydrogen) atoms. The van der Waals surface area contributed by atoms with Gasteiger partial charge in [-0.2, -0.15) is 0 Å². The molecule has 0 radical (unpaired) electrons. The predicted octanol–water partition coefficient (Wildman–Crippen LogP) is 4.54. The summed E-state index contributed by atoms with van der Waals surface area (Å²) < 4.78 is 6.80. The molecule has 0 spiro atoms. The summed E-state index contributed by atoms with van der Waals surface area (Å²) in [5.74, 6) is 0. The fourth-order valence-corrected chi connectivity index (χ4v) is 3.32. The van der Waals surface area contributed by atoms with Gasteiger partial charge in [-0.15, -0.1) is 0 Å². The molecule has 0 saturated heterocycles. The van der Waals surface area contributed by atoms with Gasteiger partial charge in [0.05, 0.1) is 18.9 Å². The highest BCUT2D eigenvalue weighted by Gasteiger charge is 2.26. The highest BCUT2D eigenvalue weighted by molar-refractivity contribution is 9.10. The third-order valence-corrected chi connectivity index (χ3v) is 4.68. The second kappa shape index (κ2) is 6.34. The Morgan fingerprint density at radius 3 is 2.62 bits per heavy atom. The van der Waals surface area contributed by atoms with Gasteiger partial charge in [-0.3, -0.25) is 0 Å². The van der Waals surface area contributed by atoms with Crippen LogP contribution in [0.2, 0.25) is 0 Å². The molecule has 2 N–H and O–H groups in total. The Kier molecular flexibility index (Phi) is 4.48. The predicted molar refractivity (Wildman–Crippen MR) is 89.1 cm³/mol. The smallest absolute Gasteiger partial charge is 0.0746 e. The van der Waals surface area contributed by atoms with E-state index in [1.807, 2.05) is 7.05 Å². The van der Waals surface area contributed by atoms with Crippen molar-refractivity contribution in [3.05, 3.63) is 45.6 Å². The first-order chi connectivity index (χ1) is 10.2. The van der Waals surface area contributed by atoms with E-state index in [2.05, 4.69) is 57.4 Å². The second-order valence-electron chi connectivity index (χ2n) is 5.50. The van der Waals surface area contributed by atoms with Crippen LogP contribution in [-0.4, -0.2) is 12.0 Å². The fourth-order valence-electron chi connectivity index (χ4n) is 3.06. The second-order valence-corrected chi connectivity index (χ2v) is 6.42. The zero-order chi connectivity index (χ0) is 14.8. The lowest BCUT2D eigenvalue weighted by atomic mass is 10.0. The van der Waals surface area contributed by atoms with Crippen molar-refractivity contribution in [1.29, 1.82) is 0 Å². The van der Waals surface area contributed by atoms with Gasteiger partial charge < -0.3 is 15.0 Å². The van der Waals surface area contributed by atoms with Crippen molar-refractivity contribution in [2.45, 2.75) is 39.0 Å². The minimum atomic E-state index is 0.370. The molecule has 1 aromatic carbocycles. The Morgan fingerprint density at radius 1 is 1.24 bits per heavy atom. The zero-order valence-electron chi connectivity index (χ0n) is 12.5. The average Bonchev–Trinajstić information content (AvgIpc) is 3.08. The lowest BCUT2D eigenvalue weighted by Gasteiger charge is -2.15. The molecule has 1 atom stereocenters. The van der Waals surface area contributed by atoms with Crippen molar-refractivity contribution in [1.82, 2.24) is 10.3 Å². The summed E-state index contributed by atoms with van der Waals surface area (Å²) in [5, 5.41) is 3.43. The van der Waals surface area contributed by atoms with E-state index in [1.54, 1.807) is 0 Å². The highest BCUT2D eigenvalue weighted by atomic mass is 79.9. The molecule has 112 valence electrons. The maximum Gasteiger partial charge on any atom is 0.0746 e. The third-order valence-electron chi connectivity index (χ3n) is 4.15. The molecule has 3 nitrogen and oxygen atoms in total. The van der Waals surface area contributed by atoms with Gasteiger partial charge in [0.15, 0.2) is 0 Å². The van der Waals surface area contributed by atoms with Crippen LogP contribution in [0.3, 0.4) is 0 Å². The molecule has 0 amide bonds. The van der Waals surface area contributed by atoms with E-state index >= 15 is 0 Å². The molecule has 0 fully saturated rings. The van der Waals surface area contributed by atoms with Gasteiger partial charge in [-0.1, -0.05) is 41.4 Å². The van der Waals surface area contributed by atoms with Crippen molar-refractivity contribution >= 4 is 15.9 Å².